The fourth-order valence-corrected chi connectivity index (χ4v) is 0.667. The summed E-state index contributed by atoms with van der Waals surface area (Å²) in [4.78, 5) is 32.8. The van der Waals surface area contributed by atoms with Gasteiger partial charge >= 0.3 is 0 Å². The number of ketones is 1. The minimum Gasteiger partial charge on any atom is -0.298 e. The van der Waals surface area contributed by atoms with Crippen molar-refractivity contribution in [2.45, 2.75) is 35.6 Å². The number of nitrogens with zero attached hydrogens (tertiary/aromatic N) is 1. The van der Waals surface area contributed by atoms with Crippen molar-refractivity contribution in [2.75, 3.05) is 6.54 Å². The third kappa shape index (κ3) is 7.18. The van der Waals surface area contributed by atoms with Crippen LogP contribution in [0.15, 0.2) is 0 Å². The highest BCUT2D eigenvalue weighted by atomic mass is 16.2. The molecule has 0 spiro atoms. The lowest BCUT2D eigenvalue weighted by Crippen LogP contribution is -2.36. The van der Waals surface area contributed by atoms with Crippen molar-refractivity contribution in [3.8, 4) is 0 Å². The molecule has 13 heavy (non-hydrogen) atoms. The predicted octanol–water partition coefficient (Wildman–Crippen LogP) is 1.24. The van der Waals surface area contributed by atoms with Gasteiger partial charge in [0.1, 0.15) is 5.78 Å². The molecule has 4 nitrogen and oxygen atoms in total. The molecule has 0 heterocycles. The maximum Gasteiger partial charge on any atom is 0.226 e. The Labute approximate surface area is 79.9 Å². The van der Waals surface area contributed by atoms with E-state index < -0.39 is 11.8 Å². The van der Waals surface area contributed by atoms with Gasteiger partial charge in [0, 0.05) is 13.8 Å². The van der Waals surface area contributed by atoms with Gasteiger partial charge in [-0.3, -0.25) is 19.3 Å². The average Bonchev–Trinajstić information content (AvgIpc) is 1.81. The molecule has 0 aromatic carbocycles. The van der Waals surface area contributed by atoms with Crippen LogP contribution in [0.25, 0.3) is 0 Å². The molecule has 0 aliphatic heterocycles. The first-order valence-electron chi connectivity index (χ1n) is 3.23. The number of amides is 2. The Hall–Kier alpha value is -1.19. The standard InChI is InChI=1S/C7H11NO3.2CH4/c1-5(9)4-8(6(2)10)7(3)11;;/h4H2,1-3H3;2*1H4. The Morgan fingerprint density at radius 3 is 1.31 bits per heavy atom. The zero-order valence-electron chi connectivity index (χ0n) is 6.88. The van der Waals surface area contributed by atoms with Crippen LogP contribution in [0.4, 0.5) is 0 Å². The van der Waals surface area contributed by atoms with Crippen molar-refractivity contribution in [2.24, 2.45) is 0 Å². The zero-order valence-corrected chi connectivity index (χ0v) is 6.88. The molecule has 0 aromatic rings. The maximum absolute atomic E-state index is 10.7. The molecule has 0 saturated heterocycles. The second kappa shape index (κ2) is 7.46. The summed E-state index contributed by atoms with van der Waals surface area (Å²) >= 11 is 0. The van der Waals surface area contributed by atoms with Gasteiger partial charge in [0.05, 0.1) is 6.54 Å². The fraction of sp³-hybridized carbons (Fsp3) is 0.667. The Morgan fingerprint density at radius 2 is 1.23 bits per heavy atom. The zero-order chi connectivity index (χ0) is 9.02. The van der Waals surface area contributed by atoms with Gasteiger partial charge in [0.2, 0.25) is 11.8 Å². The van der Waals surface area contributed by atoms with E-state index in [-0.39, 0.29) is 27.2 Å². The molecule has 0 unspecified atom stereocenters. The van der Waals surface area contributed by atoms with Gasteiger partial charge < -0.3 is 0 Å². The molecule has 0 rings (SSSR count). The highest BCUT2D eigenvalue weighted by molar-refractivity contribution is 5.96. The first-order valence-corrected chi connectivity index (χ1v) is 3.23. The van der Waals surface area contributed by atoms with E-state index in [2.05, 4.69) is 0 Å². The molecule has 0 N–H and O–H groups in total. The van der Waals surface area contributed by atoms with Crippen molar-refractivity contribution in [1.82, 2.24) is 4.90 Å². The van der Waals surface area contributed by atoms with Gasteiger partial charge in [0.15, 0.2) is 0 Å². The summed E-state index contributed by atoms with van der Waals surface area (Å²) < 4.78 is 0. The largest absolute Gasteiger partial charge is 0.298 e. The molecule has 0 aliphatic carbocycles. The molecule has 0 atom stereocenters. The number of carbonyl (C=O) groups excluding carboxylic acids is 3. The molecule has 2 amide bonds. The van der Waals surface area contributed by atoms with E-state index in [9.17, 15) is 14.4 Å². The predicted molar refractivity (Wildman–Crippen MR) is 52.2 cm³/mol. The van der Waals surface area contributed by atoms with Crippen LogP contribution in [0.1, 0.15) is 35.6 Å². The monoisotopic (exact) mass is 189 g/mol. The third-order valence-electron chi connectivity index (χ3n) is 1.14. The summed E-state index contributed by atoms with van der Waals surface area (Å²) in [7, 11) is 0. The van der Waals surface area contributed by atoms with Crippen LogP contribution in [0.5, 0.6) is 0 Å². The minimum atomic E-state index is -0.396. The Morgan fingerprint density at radius 1 is 0.923 bits per heavy atom. The summed E-state index contributed by atoms with van der Waals surface area (Å²) in [5.41, 5.74) is 0. The number of rotatable bonds is 2. The Kier molecular flexibility index (Phi) is 10.2. The van der Waals surface area contributed by atoms with Gasteiger partial charge in [-0.05, 0) is 6.92 Å². The van der Waals surface area contributed by atoms with Crippen LogP contribution in [-0.4, -0.2) is 29.0 Å². The van der Waals surface area contributed by atoms with Gasteiger partial charge in [-0.15, -0.1) is 0 Å². The van der Waals surface area contributed by atoms with Gasteiger partial charge in [-0.25, -0.2) is 0 Å². The molecule has 0 aromatic heterocycles. The summed E-state index contributed by atoms with van der Waals surface area (Å²) in [6.45, 7) is 3.72. The number of hydrogen-bond donors (Lipinski definition) is 0. The first-order chi connectivity index (χ1) is 4.95. The van der Waals surface area contributed by atoms with Crippen molar-refractivity contribution in [1.29, 1.82) is 0 Å². The van der Waals surface area contributed by atoms with E-state index in [1.165, 1.54) is 20.8 Å². The van der Waals surface area contributed by atoms with E-state index >= 15 is 0 Å². The van der Waals surface area contributed by atoms with E-state index in [1.54, 1.807) is 0 Å². The van der Waals surface area contributed by atoms with Crippen molar-refractivity contribution < 1.29 is 14.4 Å². The van der Waals surface area contributed by atoms with E-state index in [0.29, 0.717) is 0 Å². The van der Waals surface area contributed by atoms with Crippen molar-refractivity contribution in [3.63, 3.8) is 0 Å². The van der Waals surface area contributed by atoms with Crippen LogP contribution in [0.2, 0.25) is 0 Å². The number of carbonyl (C=O) groups is 3. The van der Waals surface area contributed by atoms with Gasteiger partial charge in [0.25, 0.3) is 0 Å². The Bertz CT molecular complexity index is 185. The molecule has 0 bridgehead atoms. The van der Waals surface area contributed by atoms with E-state index in [4.69, 9.17) is 0 Å². The smallest absolute Gasteiger partial charge is 0.226 e. The van der Waals surface area contributed by atoms with Crippen LogP contribution in [0, 0.1) is 0 Å². The number of Topliss-reactive ketones (excluding diaryl/α,β-unsaturated/α-hetero) is 1. The summed E-state index contributed by atoms with van der Waals surface area (Å²) in [6.07, 6.45) is 0. The Balaban J connectivity index is -0.000000500. The lowest BCUT2D eigenvalue weighted by atomic mass is 10.4. The molecule has 4 heteroatoms. The highest BCUT2D eigenvalue weighted by Gasteiger charge is 2.14. The van der Waals surface area contributed by atoms with Crippen molar-refractivity contribution >= 4 is 17.6 Å². The first kappa shape index (κ1) is 17.8. The molecular formula is C9H19NO3. The number of imide groups is 1. The molecule has 0 fully saturated rings. The molecule has 78 valence electrons. The summed E-state index contributed by atoms with van der Waals surface area (Å²) in [5.74, 6) is -0.990. The van der Waals surface area contributed by atoms with Crippen molar-refractivity contribution in [3.05, 3.63) is 0 Å². The van der Waals surface area contributed by atoms with Gasteiger partial charge in [-0.2, -0.15) is 0 Å². The number of hydrogen-bond acceptors (Lipinski definition) is 3. The normalized spacial score (nSPS) is 7.62. The fourth-order valence-electron chi connectivity index (χ4n) is 0.667. The SMILES string of the molecule is C.C.CC(=O)CN(C(C)=O)C(C)=O. The van der Waals surface area contributed by atoms with Crippen LogP contribution in [-0.2, 0) is 14.4 Å². The van der Waals surface area contributed by atoms with Crippen LogP contribution >= 0.6 is 0 Å². The van der Waals surface area contributed by atoms with Gasteiger partial charge in [-0.1, -0.05) is 14.9 Å². The van der Waals surface area contributed by atoms with Crippen LogP contribution in [0.3, 0.4) is 0 Å². The maximum atomic E-state index is 10.7. The highest BCUT2D eigenvalue weighted by Crippen LogP contribution is 1.90. The average molecular weight is 189 g/mol. The van der Waals surface area contributed by atoms with E-state index in [0.717, 1.165) is 4.90 Å². The second-order valence-corrected chi connectivity index (χ2v) is 2.33. The van der Waals surface area contributed by atoms with Crippen LogP contribution < -0.4 is 0 Å². The quantitative estimate of drug-likeness (QED) is 0.656. The topological polar surface area (TPSA) is 54.5 Å². The third-order valence-corrected chi connectivity index (χ3v) is 1.14. The molecule has 0 radical (unpaired) electrons. The second-order valence-electron chi connectivity index (χ2n) is 2.33. The summed E-state index contributed by atoms with van der Waals surface area (Å²) in [5, 5.41) is 0. The lowest BCUT2D eigenvalue weighted by Gasteiger charge is -2.14. The lowest BCUT2D eigenvalue weighted by molar-refractivity contribution is -0.144. The molecule has 0 saturated carbocycles. The molecule has 0 aliphatic rings. The summed E-state index contributed by atoms with van der Waals surface area (Å²) in [6, 6.07) is 0. The molecular weight excluding hydrogens is 170 g/mol. The van der Waals surface area contributed by atoms with E-state index in [1.807, 2.05) is 0 Å². The minimum absolute atomic E-state index is 0.